The molecule has 0 spiro atoms. The van der Waals surface area contributed by atoms with Gasteiger partial charge in [0.25, 0.3) is 0 Å². The predicted molar refractivity (Wildman–Crippen MR) is 67.1 cm³/mol. The molecule has 1 aliphatic carbocycles. The molecule has 1 nitrogen and oxygen atoms in total. The second kappa shape index (κ2) is 6.43. The maximum absolute atomic E-state index is 13.5. The average molecular weight is 280 g/mol. The van der Waals surface area contributed by atoms with Crippen molar-refractivity contribution < 1.29 is 13.2 Å². The van der Waals surface area contributed by atoms with Gasteiger partial charge in [-0.3, -0.25) is 0 Å². The second-order valence-electron chi connectivity index (χ2n) is 4.71. The van der Waals surface area contributed by atoms with Crippen LogP contribution >= 0.6 is 12.4 Å². The minimum Gasteiger partial charge on any atom is -0.324 e. The second-order valence-corrected chi connectivity index (χ2v) is 4.71. The van der Waals surface area contributed by atoms with Gasteiger partial charge in [-0.05, 0) is 24.8 Å². The van der Waals surface area contributed by atoms with Gasteiger partial charge in [-0.25, -0.2) is 13.2 Å². The molecule has 1 saturated carbocycles. The Morgan fingerprint density at radius 1 is 0.944 bits per heavy atom. The standard InChI is InChI=1S/C13H16F3N.ClH/c14-10-7-12(16)11(15)6-9(10)13(17)8-4-2-1-3-5-8;/h6-8,13H,1-5,17H2;1H/t13-;/m1./s1. The third-order valence-corrected chi connectivity index (χ3v) is 3.56. The summed E-state index contributed by atoms with van der Waals surface area (Å²) in [4.78, 5) is 0. The fourth-order valence-electron chi connectivity index (χ4n) is 2.54. The highest BCUT2D eigenvalue weighted by Crippen LogP contribution is 2.34. The van der Waals surface area contributed by atoms with Crippen molar-refractivity contribution >= 4 is 12.4 Å². The molecule has 1 aliphatic rings. The zero-order valence-electron chi connectivity index (χ0n) is 9.96. The summed E-state index contributed by atoms with van der Waals surface area (Å²) >= 11 is 0. The molecule has 0 unspecified atom stereocenters. The molecular formula is C13H17ClF3N. The van der Waals surface area contributed by atoms with Crippen LogP contribution in [-0.2, 0) is 0 Å². The topological polar surface area (TPSA) is 26.0 Å². The summed E-state index contributed by atoms with van der Waals surface area (Å²) in [6, 6.07) is 0.933. The molecule has 2 rings (SSSR count). The van der Waals surface area contributed by atoms with Crippen molar-refractivity contribution in [2.75, 3.05) is 0 Å². The Hall–Kier alpha value is -0.740. The van der Waals surface area contributed by atoms with Gasteiger partial charge in [-0.15, -0.1) is 12.4 Å². The first-order chi connectivity index (χ1) is 8.09. The molecule has 0 heterocycles. The maximum Gasteiger partial charge on any atom is 0.161 e. The van der Waals surface area contributed by atoms with Gasteiger partial charge in [-0.2, -0.15) is 0 Å². The van der Waals surface area contributed by atoms with Crippen LogP contribution in [0.2, 0.25) is 0 Å². The minimum absolute atomic E-state index is 0. The summed E-state index contributed by atoms with van der Waals surface area (Å²) in [5.41, 5.74) is 6.05. The van der Waals surface area contributed by atoms with Crippen LogP contribution in [0.15, 0.2) is 12.1 Å². The predicted octanol–water partition coefficient (Wildman–Crippen LogP) is 4.11. The van der Waals surface area contributed by atoms with E-state index in [9.17, 15) is 13.2 Å². The average Bonchev–Trinajstić information content (AvgIpc) is 2.34. The first-order valence-corrected chi connectivity index (χ1v) is 5.99. The first kappa shape index (κ1) is 15.3. The quantitative estimate of drug-likeness (QED) is 0.810. The van der Waals surface area contributed by atoms with E-state index in [1.165, 1.54) is 6.42 Å². The van der Waals surface area contributed by atoms with Crippen LogP contribution in [0.4, 0.5) is 13.2 Å². The Labute approximate surface area is 111 Å². The molecule has 0 amide bonds. The normalized spacial score (nSPS) is 18.2. The van der Waals surface area contributed by atoms with Crippen LogP contribution in [0.1, 0.15) is 43.7 Å². The van der Waals surface area contributed by atoms with Gasteiger partial charge in [0.1, 0.15) is 5.82 Å². The molecule has 102 valence electrons. The van der Waals surface area contributed by atoms with Crippen molar-refractivity contribution in [3.8, 4) is 0 Å². The first-order valence-electron chi connectivity index (χ1n) is 5.99. The Morgan fingerprint density at radius 2 is 1.50 bits per heavy atom. The number of hydrogen-bond donors (Lipinski definition) is 1. The Balaban J connectivity index is 0.00000162. The largest absolute Gasteiger partial charge is 0.324 e. The summed E-state index contributed by atoms with van der Waals surface area (Å²) < 4.78 is 39.4. The van der Waals surface area contributed by atoms with E-state index >= 15 is 0 Å². The summed E-state index contributed by atoms with van der Waals surface area (Å²) in [7, 11) is 0. The van der Waals surface area contributed by atoms with Gasteiger partial charge in [0.05, 0.1) is 0 Å². The molecule has 1 fully saturated rings. The molecule has 5 heteroatoms. The molecule has 18 heavy (non-hydrogen) atoms. The third-order valence-electron chi connectivity index (χ3n) is 3.56. The van der Waals surface area contributed by atoms with Crippen molar-refractivity contribution in [2.24, 2.45) is 11.7 Å². The Bertz CT molecular complexity index is 405. The molecule has 0 aromatic heterocycles. The molecule has 0 radical (unpaired) electrons. The lowest BCUT2D eigenvalue weighted by Gasteiger charge is -2.28. The number of halogens is 4. The SMILES string of the molecule is Cl.N[C@@H](c1cc(F)c(F)cc1F)C1CCCCC1. The molecule has 1 aromatic carbocycles. The highest BCUT2D eigenvalue weighted by atomic mass is 35.5. The summed E-state index contributed by atoms with van der Waals surface area (Å²) in [6.07, 6.45) is 5.18. The van der Waals surface area contributed by atoms with Crippen molar-refractivity contribution in [3.05, 3.63) is 35.1 Å². The Kier molecular flexibility index (Phi) is 5.47. The van der Waals surface area contributed by atoms with Crippen LogP contribution in [0.3, 0.4) is 0 Å². The maximum atomic E-state index is 13.5. The summed E-state index contributed by atoms with van der Waals surface area (Å²) in [5, 5.41) is 0. The van der Waals surface area contributed by atoms with Gasteiger partial charge in [0, 0.05) is 17.7 Å². The van der Waals surface area contributed by atoms with Crippen LogP contribution in [-0.4, -0.2) is 0 Å². The summed E-state index contributed by atoms with van der Waals surface area (Å²) in [5.74, 6) is -2.78. The highest BCUT2D eigenvalue weighted by molar-refractivity contribution is 5.85. The molecule has 0 aliphatic heterocycles. The van der Waals surface area contributed by atoms with Crippen LogP contribution in [0.25, 0.3) is 0 Å². The van der Waals surface area contributed by atoms with E-state index in [0.29, 0.717) is 6.07 Å². The molecule has 1 atom stereocenters. The van der Waals surface area contributed by atoms with E-state index in [-0.39, 0.29) is 23.9 Å². The van der Waals surface area contributed by atoms with E-state index in [1.807, 2.05) is 0 Å². The summed E-state index contributed by atoms with van der Waals surface area (Å²) in [6.45, 7) is 0. The fourth-order valence-corrected chi connectivity index (χ4v) is 2.54. The lowest BCUT2D eigenvalue weighted by Crippen LogP contribution is -2.24. The smallest absolute Gasteiger partial charge is 0.161 e. The molecule has 0 bridgehead atoms. The minimum atomic E-state index is -1.16. The van der Waals surface area contributed by atoms with Gasteiger partial charge >= 0.3 is 0 Å². The monoisotopic (exact) mass is 279 g/mol. The van der Waals surface area contributed by atoms with Crippen molar-refractivity contribution in [2.45, 2.75) is 38.1 Å². The lowest BCUT2D eigenvalue weighted by atomic mass is 9.81. The van der Waals surface area contributed by atoms with E-state index < -0.39 is 23.5 Å². The number of nitrogens with two attached hydrogens (primary N) is 1. The Morgan fingerprint density at radius 3 is 2.11 bits per heavy atom. The van der Waals surface area contributed by atoms with E-state index in [4.69, 9.17) is 5.73 Å². The van der Waals surface area contributed by atoms with Crippen LogP contribution < -0.4 is 5.73 Å². The fraction of sp³-hybridized carbons (Fsp3) is 0.538. The molecule has 2 N–H and O–H groups in total. The van der Waals surface area contributed by atoms with Crippen molar-refractivity contribution in [3.63, 3.8) is 0 Å². The van der Waals surface area contributed by atoms with Crippen molar-refractivity contribution in [1.29, 1.82) is 0 Å². The van der Waals surface area contributed by atoms with E-state index in [1.54, 1.807) is 0 Å². The van der Waals surface area contributed by atoms with E-state index in [0.717, 1.165) is 31.7 Å². The van der Waals surface area contributed by atoms with Gasteiger partial charge in [-0.1, -0.05) is 19.3 Å². The molecule has 0 saturated heterocycles. The number of benzene rings is 1. The molecular weight excluding hydrogens is 263 g/mol. The van der Waals surface area contributed by atoms with Gasteiger partial charge in [0.15, 0.2) is 11.6 Å². The van der Waals surface area contributed by atoms with Crippen molar-refractivity contribution in [1.82, 2.24) is 0 Å². The zero-order chi connectivity index (χ0) is 12.4. The van der Waals surface area contributed by atoms with Crippen LogP contribution in [0, 0.1) is 23.4 Å². The zero-order valence-corrected chi connectivity index (χ0v) is 10.8. The molecule has 1 aromatic rings. The lowest BCUT2D eigenvalue weighted by molar-refractivity contribution is 0.302. The number of rotatable bonds is 2. The van der Waals surface area contributed by atoms with Gasteiger partial charge < -0.3 is 5.73 Å². The van der Waals surface area contributed by atoms with Gasteiger partial charge in [0.2, 0.25) is 0 Å². The third kappa shape index (κ3) is 3.18. The highest BCUT2D eigenvalue weighted by Gasteiger charge is 2.25. The van der Waals surface area contributed by atoms with E-state index in [2.05, 4.69) is 0 Å². The van der Waals surface area contributed by atoms with Crippen LogP contribution in [0.5, 0.6) is 0 Å². The number of hydrogen-bond acceptors (Lipinski definition) is 1.